The number of aryl methyl sites for hydroxylation is 1. The Morgan fingerprint density at radius 1 is 1.36 bits per heavy atom. The summed E-state index contributed by atoms with van der Waals surface area (Å²) in [6.45, 7) is 11.1. The van der Waals surface area contributed by atoms with E-state index in [0.717, 1.165) is 19.0 Å². The van der Waals surface area contributed by atoms with Gasteiger partial charge in [-0.25, -0.2) is 4.98 Å². The van der Waals surface area contributed by atoms with Crippen molar-refractivity contribution in [2.24, 2.45) is 0 Å². The topological polar surface area (TPSA) is 24.9 Å². The van der Waals surface area contributed by atoms with Crippen LogP contribution in [0.2, 0.25) is 0 Å². The molecule has 0 atom stereocenters. The van der Waals surface area contributed by atoms with Crippen molar-refractivity contribution in [1.29, 1.82) is 0 Å². The van der Waals surface area contributed by atoms with Gasteiger partial charge in [0.05, 0.1) is 10.7 Å². The Bertz CT molecular complexity index is 332. The third kappa shape index (κ3) is 1.71. The van der Waals surface area contributed by atoms with Crippen LogP contribution in [0.25, 0.3) is 0 Å². The molecule has 0 aliphatic carbocycles. The molecule has 3 heteroatoms. The summed E-state index contributed by atoms with van der Waals surface area (Å²) in [5, 5.41) is 4.59. The van der Waals surface area contributed by atoms with Gasteiger partial charge in [-0.3, -0.25) is 0 Å². The Morgan fingerprint density at radius 2 is 2.00 bits per heavy atom. The van der Waals surface area contributed by atoms with Crippen LogP contribution in [-0.4, -0.2) is 18.1 Å². The summed E-state index contributed by atoms with van der Waals surface area (Å²) in [7, 11) is 0. The van der Waals surface area contributed by atoms with Crippen molar-refractivity contribution >= 4 is 11.3 Å². The third-order valence-electron chi connectivity index (χ3n) is 2.63. The van der Waals surface area contributed by atoms with Gasteiger partial charge < -0.3 is 5.32 Å². The van der Waals surface area contributed by atoms with E-state index < -0.39 is 0 Å². The molecule has 1 fully saturated rings. The van der Waals surface area contributed by atoms with Gasteiger partial charge >= 0.3 is 0 Å². The number of hydrogen-bond donors (Lipinski definition) is 1. The largest absolute Gasteiger partial charge is 0.315 e. The van der Waals surface area contributed by atoms with Crippen LogP contribution in [0.5, 0.6) is 0 Å². The fourth-order valence-electron chi connectivity index (χ4n) is 1.58. The smallest absolute Gasteiger partial charge is 0.0984 e. The summed E-state index contributed by atoms with van der Waals surface area (Å²) in [4.78, 5) is 6.17. The molecule has 78 valence electrons. The van der Waals surface area contributed by atoms with Crippen molar-refractivity contribution in [2.75, 3.05) is 13.1 Å². The molecular formula is C11H18N2S. The van der Waals surface area contributed by atoms with E-state index in [-0.39, 0.29) is 5.41 Å². The van der Waals surface area contributed by atoms with Gasteiger partial charge in [-0.05, 0) is 6.92 Å². The molecule has 14 heavy (non-hydrogen) atoms. The number of hydrogen-bond acceptors (Lipinski definition) is 3. The molecule has 2 nitrogen and oxygen atoms in total. The van der Waals surface area contributed by atoms with E-state index in [1.807, 2.05) is 11.3 Å². The molecule has 1 N–H and O–H groups in total. The van der Waals surface area contributed by atoms with Crippen LogP contribution in [0.4, 0.5) is 0 Å². The standard InChI is InChI=1S/C11H18N2S/c1-7-9(8-5-12-6-8)14-10(13-7)11(2,3)4/h8,12H,5-6H2,1-4H3. The van der Waals surface area contributed by atoms with Gasteiger partial charge in [-0.15, -0.1) is 11.3 Å². The normalized spacial score (nSPS) is 18.3. The molecule has 0 aromatic carbocycles. The summed E-state index contributed by atoms with van der Waals surface area (Å²) < 4.78 is 0. The number of aromatic nitrogens is 1. The predicted octanol–water partition coefficient (Wildman–Crippen LogP) is 2.44. The summed E-state index contributed by atoms with van der Waals surface area (Å²) in [6, 6.07) is 0. The molecule has 0 unspecified atom stereocenters. The van der Waals surface area contributed by atoms with Crippen LogP contribution in [0.15, 0.2) is 0 Å². The highest BCUT2D eigenvalue weighted by Gasteiger charge is 2.26. The van der Waals surface area contributed by atoms with Crippen LogP contribution in [0.1, 0.15) is 42.3 Å². The second-order valence-electron chi connectivity index (χ2n) is 5.07. The van der Waals surface area contributed by atoms with Crippen molar-refractivity contribution in [3.8, 4) is 0 Å². The lowest BCUT2D eigenvalue weighted by Crippen LogP contribution is -2.39. The highest BCUT2D eigenvalue weighted by atomic mass is 32.1. The first kappa shape index (κ1) is 10.1. The van der Waals surface area contributed by atoms with Crippen molar-refractivity contribution in [2.45, 2.75) is 39.0 Å². The Hall–Kier alpha value is -0.410. The summed E-state index contributed by atoms with van der Waals surface area (Å²) >= 11 is 1.90. The van der Waals surface area contributed by atoms with Gasteiger partial charge in [0.15, 0.2) is 0 Å². The summed E-state index contributed by atoms with van der Waals surface area (Å²) in [5.41, 5.74) is 1.44. The van der Waals surface area contributed by atoms with Gasteiger partial charge in [-0.2, -0.15) is 0 Å². The zero-order valence-electron chi connectivity index (χ0n) is 9.35. The third-order valence-corrected chi connectivity index (χ3v) is 4.37. The van der Waals surface area contributed by atoms with Crippen LogP contribution < -0.4 is 5.32 Å². The second kappa shape index (κ2) is 3.31. The average Bonchev–Trinajstić information content (AvgIpc) is 2.28. The Kier molecular flexibility index (Phi) is 2.40. The zero-order chi connectivity index (χ0) is 10.3. The summed E-state index contributed by atoms with van der Waals surface area (Å²) in [5.74, 6) is 0.726. The Balaban J connectivity index is 2.29. The molecular weight excluding hydrogens is 192 g/mol. The SMILES string of the molecule is Cc1nc(C(C)(C)C)sc1C1CNC1. The van der Waals surface area contributed by atoms with Crippen molar-refractivity contribution in [3.63, 3.8) is 0 Å². The maximum Gasteiger partial charge on any atom is 0.0984 e. The van der Waals surface area contributed by atoms with E-state index in [4.69, 9.17) is 0 Å². The molecule has 2 heterocycles. The molecule has 1 aliphatic heterocycles. The molecule has 0 saturated carbocycles. The van der Waals surface area contributed by atoms with Gasteiger partial charge in [0.1, 0.15) is 0 Å². The van der Waals surface area contributed by atoms with Crippen LogP contribution in [0.3, 0.4) is 0 Å². The molecule has 0 bridgehead atoms. The average molecular weight is 210 g/mol. The number of nitrogens with zero attached hydrogens (tertiary/aromatic N) is 1. The number of rotatable bonds is 1. The van der Waals surface area contributed by atoms with Crippen molar-refractivity contribution < 1.29 is 0 Å². The van der Waals surface area contributed by atoms with E-state index in [0.29, 0.717) is 0 Å². The quantitative estimate of drug-likeness (QED) is 0.770. The van der Waals surface area contributed by atoms with Gasteiger partial charge in [0.25, 0.3) is 0 Å². The van der Waals surface area contributed by atoms with E-state index in [9.17, 15) is 0 Å². The lowest BCUT2D eigenvalue weighted by atomic mass is 9.98. The molecule has 1 aliphatic rings. The fourth-order valence-corrected chi connectivity index (χ4v) is 2.81. The van der Waals surface area contributed by atoms with Gasteiger partial charge in [-0.1, -0.05) is 20.8 Å². The minimum absolute atomic E-state index is 0.199. The van der Waals surface area contributed by atoms with Crippen LogP contribution >= 0.6 is 11.3 Å². The maximum atomic E-state index is 4.68. The lowest BCUT2D eigenvalue weighted by molar-refractivity contribution is 0.452. The van der Waals surface area contributed by atoms with E-state index >= 15 is 0 Å². The first-order valence-electron chi connectivity index (χ1n) is 5.17. The molecule has 0 radical (unpaired) electrons. The molecule has 0 spiro atoms. The second-order valence-corrected chi connectivity index (χ2v) is 6.10. The zero-order valence-corrected chi connectivity index (χ0v) is 10.2. The van der Waals surface area contributed by atoms with Crippen molar-refractivity contribution in [3.05, 3.63) is 15.6 Å². The highest BCUT2D eigenvalue weighted by molar-refractivity contribution is 7.12. The fraction of sp³-hybridized carbons (Fsp3) is 0.727. The number of nitrogens with one attached hydrogen (secondary N) is 1. The van der Waals surface area contributed by atoms with Crippen molar-refractivity contribution in [1.82, 2.24) is 10.3 Å². The molecule has 1 aromatic heterocycles. The van der Waals surface area contributed by atoms with E-state index in [1.54, 1.807) is 0 Å². The van der Waals surface area contributed by atoms with E-state index in [2.05, 4.69) is 38.0 Å². The molecule has 1 saturated heterocycles. The van der Waals surface area contributed by atoms with Gasteiger partial charge in [0, 0.05) is 29.3 Å². The van der Waals surface area contributed by atoms with Crippen LogP contribution in [0, 0.1) is 6.92 Å². The lowest BCUT2D eigenvalue weighted by Gasteiger charge is -2.26. The predicted molar refractivity (Wildman–Crippen MR) is 61.2 cm³/mol. The first-order valence-corrected chi connectivity index (χ1v) is 5.98. The highest BCUT2D eigenvalue weighted by Crippen LogP contribution is 2.34. The minimum Gasteiger partial charge on any atom is -0.315 e. The number of thiazole rings is 1. The van der Waals surface area contributed by atoms with Gasteiger partial charge in [0.2, 0.25) is 0 Å². The maximum absolute atomic E-state index is 4.68. The monoisotopic (exact) mass is 210 g/mol. The Morgan fingerprint density at radius 3 is 2.36 bits per heavy atom. The Labute approximate surface area is 89.8 Å². The van der Waals surface area contributed by atoms with E-state index in [1.165, 1.54) is 15.6 Å². The molecule has 1 aromatic rings. The molecule has 2 rings (SSSR count). The van der Waals surface area contributed by atoms with Crippen LogP contribution in [-0.2, 0) is 5.41 Å². The summed E-state index contributed by atoms with van der Waals surface area (Å²) in [6.07, 6.45) is 0. The molecule has 0 amide bonds. The minimum atomic E-state index is 0.199. The first-order chi connectivity index (χ1) is 6.48.